The van der Waals surface area contributed by atoms with Crippen molar-refractivity contribution in [3.8, 4) is 0 Å². The van der Waals surface area contributed by atoms with Crippen LogP contribution in [0.3, 0.4) is 0 Å². The molecule has 0 aliphatic heterocycles. The summed E-state index contributed by atoms with van der Waals surface area (Å²) in [5, 5.41) is 0. The third kappa shape index (κ3) is 3.15. The molecule has 0 radical (unpaired) electrons. The molecule has 1 nitrogen and oxygen atoms in total. The van der Waals surface area contributed by atoms with Gasteiger partial charge in [0.25, 0.3) is 0 Å². The average molecular weight is 181 g/mol. The van der Waals surface area contributed by atoms with E-state index in [9.17, 15) is 0 Å². The van der Waals surface area contributed by atoms with E-state index in [-0.39, 0.29) is 0 Å². The van der Waals surface area contributed by atoms with E-state index >= 15 is 0 Å². The molecule has 1 rings (SSSR count). The highest BCUT2D eigenvalue weighted by molar-refractivity contribution is 4.93. The lowest BCUT2D eigenvalue weighted by Crippen LogP contribution is -2.39. The van der Waals surface area contributed by atoms with Gasteiger partial charge in [0.15, 0.2) is 0 Å². The van der Waals surface area contributed by atoms with Crippen LogP contribution in [0.4, 0.5) is 0 Å². The standard InChI is InChI=1S/C12H23N/c1-10(2)9-13(4)12-8-6-5-7-11(12)3/h11-12H,1,5-9H2,2-4H3. The third-order valence-corrected chi connectivity index (χ3v) is 3.15. The second kappa shape index (κ2) is 4.80. The molecule has 1 saturated carbocycles. The largest absolute Gasteiger partial charge is 0.299 e. The fourth-order valence-electron chi connectivity index (χ4n) is 2.49. The van der Waals surface area contributed by atoms with Gasteiger partial charge in [-0.05, 0) is 32.7 Å². The molecule has 2 unspecified atom stereocenters. The molecule has 1 aliphatic rings. The third-order valence-electron chi connectivity index (χ3n) is 3.15. The Hall–Kier alpha value is -0.300. The lowest BCUT2D eigenvalue weighted by atomic mass is 9.85. The molecule has 0 heterocycles. The highest BCUT2D eigenvalue weighted by atomic mass is 15.1. The fourth-order valence-corrected chi connectivity index (χ4v) is 2.49. The first-order chi connectivity index (χ1) is 6.11. The topological polar surface area (TPSA) is 3.24 Å². The molecule has 13 heavy (non-hydrogen) atoms. The molecule has 1 aliphatic carbocycles. The van der Waals surface area contributed by atoms with Crippen LogP contribution in [0.5, 0.6) is 0 Å². The van der Waals surface area contributed by atoms with Crippen molar-refractivity contribution < 1.29 is 0 Å². The number of nitrogens with zero attached hydrogens (tertiary/aromatic N) is 1. The van der Waals surface area contributed by atoms with Gasteiger partial charge in [-0.25, -0.2) is 0 Å². The Labute approximate surface area is 82.8 Å². The second-order valence-corrected chi connectivity index (χ2v) is 4.70. The van der Waals surface area contributed by atoms with Crippen LogP contribution >= 0.6 is 0 Å². The second-order valence-electron chi connectivity index (χ2n) is 4.70. The molecule has 76 valence electrons. The number of likely N-dealkylation sites (N-methyl/N-ethyl adjacent to an activating group) is 1. The van der Waals surface area contributed by atoms with Gasteiger partial charge in [0.05, 0.1) is 0 Å². The first-order valence-corrected chi connectivity index (χ1v) is 5.46. The predicted octanol–water partition coefficient (Wildman–Crippen LogP) is 3.07. The Morgan fingerprint density at radius 3 is 2.54 bits per heavy atom. The molecule has 0 spiro atoms. The van der Waals surface area contributed by atoms with E-state index in [2.05, 4.69) is 32.4 Å². The van der Waals surface area contributed by atoms with Crippen molar-refractivity contribution >= 4 is 0 Å². The lowest BCUT2D eigenvalue weighted by Gasteiger charge is -2.36. The van der Waals surface area contributed by atoms with Crippen molar-refractivity contribution in [2.45, 2.75) is 45.6 Å². The molecular weight excluding hydrogens is 158 g/mol. The summed E-state index contributed by atoms with van der Waals surface area (Å²) in [6, 6.07) is 0.797. The molecule has 0 aromatic carbocycles. The molecule has 0 N–H and O–H groups in total. The van der Waals surface area contributed by atoms with Crippen molar-refractivity contribution in [2.75, 3.05) is 13.6 Å². The zero-order valence-electron chi connectivity index (χ0n) is 9.34. The van der Waals surface area contributed by atoms with E-state index in [0.717, 1.165) is 18.5 Å². The maximum atomic E-state index is 3.97. The zero-order chi connectivity index (χ0) is 9.84. The maximum absolute atomic E-state index is 3.97. The highest BCUT2D eigenvalue weighted by Crippen LogP contribution is 2.27. The average Bonchev–Trinajstić information content (AvgIpc) is 2.03. The van der Waals surface area contributed by atoms with Crippen LogP contribution in [0.2, 0.25) is 0 Å². The summed E-state index contributed by atoms with van der Waals surface area (Å²) < 4.78 is 0. The smallest absolute Gasteiger partial charge is 0.0187 e. The van der Waals surface area contributed by atoms with Gasteiger partial charge in [-0.1, -0.05) is 31.9 Å². The Morgan fingerprint density at radius 2 is 2.00 bits per heavy atom. The number of rotatable bonds is 3. The molecule has 0 aromatic heterocycles. The van der Waals surface area contributed by atoms with Crippen molar-refractivity contribution in [3.05, 3.63) is 12.2 Å². The Bertz CT molecular complexity index is 174. The number of hydrogen-bond acceptors (Lipinski definition) is 1. The quantitative estimate of drug-likeness (QED) is 0.605. The highest BCUT2D eigenvalue weighted by Gasteiger charge is 2.24. The molecule has 0 saturated heterocycles. The van der Waals surface area contributed by atoms with Crippen molar-refractivity contribution in [2.24, 2.45) is 5.92 Å². The Morgan fingerprint density at radius 1 is 1.38 bits per heavy atom. The summed E-state index contributed by atoms with van der Waals surface area (Å²) in [7, 11) is 2.24. The van der Waals surface area contributed by atoms with Crippen LogP contribution in [-0.2, 0) is 0 Å². The molecule has 0 amide bonds. The summed E-state index contributed by atoms with van der Waals surface area (Å²) in [6.07, 6.45) is 5.63. The predicted molar refractivity (Wildman–Crippen MR) is 58.9 cm³/mol. The van der Waals surface area contributed by atoms with Crippen LogP contribution in [0, 0.1) is 5.92 Å². The van der Waals surface area contributed by atoms with Gasteiger partial charge < -0.3 is 0 Å². The van der Waals surface area contributed by atoms with E-state index in [1.165, 1.54) is 31.3 Å². The first kappa shape index (κ1) is 10.8. The molecule has 0 bridgehead atoms. The Balaban J connectivity index is 2.43. The Kier molecular flexibility index (Phi) is 3.98. The van der Waals surface area contributed by atoms with Crippen LogP contribution in [0.1, 0.15) is 39.5 Å². The maximum Gasteiger partial charge on any atom is 0.0187 e. The molecule has 0 aromatic rings. The van der Waals surface area contributed by atoms with E-state index in [1.54, 1.807) is 0 Å². The summed E-state index contributed by atoms with van der Waals surface area (Å²) >= 11 is 0. The van der Waals surface area contributed by atoms with Gasteiger partial charge in [0, 0.05) is 12.6 Å². The fraction of sp³-hybridized carbons (Fsp3) is 0.833. The van der Waals surface area contributed by atoms with Crippen molar-refractivity contribution in [1.82, 2.24) is 4.90 Å². The number of hydrogen-bond donors (Lipinski definition) is 0. The van der Waals surface area contributed by atoms with Crippen LogP contribution in [-0.4, -0.2) is 24.5 Å². The molecule has 2 atom stereocenters. The summed E-state index contributed by atoms with van der Waals surface area (Å²) in [6.45, 7) is 9.54. The van der Waals surface area contributed by atoms with Crippen molar-refractivity contribution in [1.29, 1.82) is 0 Å². The summed E-state index contributed by atoms with van der Waals surface area (Å²) in [5.41, 5.74) is 1.28. The van der Waals surface area contributed by atoms with Gasteiger partial charge in [0.2, 0.25) is 0 Å². The van der Waals surface area contributed by atoms with Gasteiger partial charge in [-0.2, -0.15) is 0 Å². The molecule has 1 heteroatoms. The van der Waals surface area contributed by atoms with E-state index in [1.807, 2.05) is 0 Å². The monoisotopic (exact) mass is 181 g/mol. The minimum atomic E-state index is 0.797. The summed E-state index contributed by atoms with van der Waals surface area (Å²) in [4.78, 5) is 2.48. The SMILES string of the molecule is C=C(C)CN(C)C1CCCCC1C. The summed E-state index contributed by atoms with van der Waals surface area (Å²) in [5.74, 6) is 0.873. The zero-order valence-corrected chi connectivity index (χ0v) is 9.34. The van der Waals surface area contributed by atoms with Crippen LogP contribution in [0.15, 0.2) is 12.2 Å². The van der Waals surface area contributed by atoms with Crippen molar-refractivity contribution in [3.63, 3.8) is 0 Å². The van der Waals surface area contributed by atoms with E-state index in [4.69, 9.17) is 0 Å². The lowest BCUT2D eigenvalue weighted by molar-refractivity contribution is 0.150. The van der Waals surface area contributed by atoms with E-state index in [0.29, 0.717) is 0 Å². The minimum Gasteiger partial charge on any atom is -0.299 e. The van der Waals surface area contributed by atoms with Gasteiger partial charge in [-0.15, -0.1) is 0 Å². The van der Waals surface area contributed by atoms with Gasteiger partial charge >= 0.3 is 0 Å². The normalized spacial score (nSPS) is 29.2. The molecule has 1 fully saturated rings. The van der Waals surface area contributed by atoms with Crippen LogP contribution in [0.25, 0.3) is 0 Å². The van der Waals surface area contributed by atoms with Gasteiger partial charge in [-0.3, -0.25) is 4.90 Å². The first-order valence-electron chi connectivity index (χ1n) is 5.46. The van der Waals surface area contributed by atoms with Gasteiger partial charge in [0.1, 0.15) is 0 Å². The molecular formula is C12H23N. The van der Waals surface area contributed by atoms with Crippen LogP contribution < -0.4 is 0 Å². The van der Waals surface area contributed by atoms with E-state index < -0.39 is 0 Å². The minimum absolute atomic E-state index is 0.797.